The molecule has 0 N–H and O–H groups in total. The smallest absolute Gasteiger partial charge is 0.225 e. The molecular weight excluding hydrogens is 336 g/mol. The topological polar surface area (TPSA) is 59.0 Å². The normalized spacial score (nSPS) is 12.8. The second kappa shape index (κ2) is 7.98. The molecule has 6 heteroatoms. The van der Waals surface area contributed by atoms with Crippen molar-refractivity contribution < 1.29 is 13.2 Å². The summed E-state index contributed by atoms with van der Waals surface area (Å²) in [6, 6.07) is 15.9. The lowest BCUT2D eigenvalue weighted by molar-refractivity contribution is 0.404. The Morgan fingerprint density at radius 1 is 1.04 bits per heavy atom. The molecule has 0 radical (unpaired) electrons. The highest BCUT2D eigenvalue weighted by atomic mass is 32.2. The Morgan fingerprint density at radius 2 is 1.64 bits per heavy atom. The molecular formula is C19H22N2O3S. The summed E-state index contributed by atoms with van der Waals surface area (Å²) in [4.78, 5) is 6.14. The van der Waals surface area contributed by atoms with E-state index < -0.39 is 9.84 Å². The minimum Gasteiger partial charge on any atom is -0.481 e. The largest absolute Gasteiger partial charge is 0.481 e. The van der Waals surface area contributed by atoms with Crippen LogP contribution in [0.15, 0.2) is 75.7 Å². The standard InChI is InChI=1S/C19H22N2O3S/c1-15-10-12-17(13-11-15)25(22,23)18(14-21(2)3)20-19(24-4)16-8-6-5-7-9-16/h5-14H,1-4H3/b18-14-,20-19-. The van der Waals surface area contributed by atoms with Crippen molar-refractivity contribution in [3.05, 3.63) is 77.0 Å². The van der Waals surface area contributed by atoms with E-state index in [2.05, 4.69) is 4.99 Å². The highest BCUT2D eigenvalue weighted by molar-refractivity contribution is 7.95. The average Bonchev–Trinajstić information content (AvgIpc) is 2.59. The van der Waals surface area contributed by atoms with Gasteiger partial charge in [-0.1, -0.05) is 35.9 Å². The van der Waals surface area contributed by atoms with Crippen LogP contribution in [0.5, 0.6) is 0 Å². The number of methoxy groups -OCH3 is 1. The predicted octanol–water partition coefficient (Wildman–Crippen LogP) is 3.22. The molecule has 0 aliphatic heterocycles. The fourth-order valence-corrected chi connectivity index (χ4v) is 3.41. The molecule has 0 aliphatic carbocycles. The van der Waals surface area contributed by atoms with Crippen molar-refractivity contribution in [2.75, 3.05) is 21.2 Å². The van der Waals surface area contributed by atoms with Crippen molar-refractivity contribution in [2.24, 2.45) is 4.99 Å². The number of hydrogen-bond acceptors (Lipinski definition) is 5. The zero-order chi connectivity index (χ0) is 18.4. The molecule has 0 saturated carbocycles. The molecule has 0 heterocycles. The van der Waals surface area contributed by atoms with Gasteiger partial charge in [-0.2, -0.15) is 4.99 Å². The van der Waals surface area contributed by atoms with E-state index in [9.17, 15) is 8.42 Å². The molecule has 25 heavy (non-hydrogen) atoms. The Bertz CT molecular complexity index is 869. The van der Waals surface area contributed by atoms with Gasteiger partial charge < -0.3 is 9.64 Å². The van der Waals surface area contributed by atoms with Crippen LogP contribution in [0, 0.1) is 6.92 Å². The van der Waals surface area contributed by atoms with Crippen LogP contribution in [0.4, 0.5) is 0 Å². The minimum absolute atomic E-state index is 0.0814. The number of hydrogen-bond donors (Lipinski definition) is 0. The van der Waals surface area contributed by atoms with Crippen LogP contribution in [0.25, 0.3) is 0 Å². The summed E-state index contributed by atoms with van der Waals surface area (Å²) in [6.07, 6.45) is 1.47. The number of aliphatic imine (C=N–C) groups is 1. The number of aryl methyl sites for hydroxylation is 1. The third-order valence-electron chi connectivity index (χ3n) is 3.40. The number of ether oxygens (including phenoxy) is 1. The predicted molar refractivity (Wildman–Crippen MR) is 100 cm³/mol. The molecule has 2 aromatic rings. The number of sulfone groups is 1. The number of benzene rings is 2. The second-order valence-electron chi connectivity index (χ2n) is 5.73. The van der Waals surface area contributed by atoms with Gasteiger partial charge in [0.05, 0.1) is 12.0 Å². The summed E-state index contributed by atoms with van der Waals surface area (Å²) in [5, 5.41) is -0.0814. The van der Waals surface area contributed by atoms with Crippen LogP contribution in [-0.2, 0) is 14.6 Å². The third kappa shape index (κ3) is 4.70. The molecule has 132 valence electrons. The minimum atomic E-state index is -3.77. The van der Waals surface area contributed by atoms with Crippen LogP contribution >= 0.6 is 0 Å². The van der Waals surface area contributed by atoms with E-state index in [0.29, 0.717) is 5.56 Å². The molecule has 0 amide bonds. The van der Waals surface area contributed by atoms with Gasteiger partial charge >= 0.3 is 0 Å². The first-order chi connectivity index (χ1) is 11.8. The van der Waals surface area contributed by atoms with Gasteiger partial charge in [0.1, 0.15) is 0 Å². The molecule has 0 bridgehead atoms. The van der Waals surface area contributed by atoms with Gasteiger partial charge in [0.15, 0.2) is 5.03 Å². The van der Waals surface area contributed by atoms with Crippen molar-refractivity contribution in [1.29, 1.82) is 0 Å². The van der Waals surface area contributed by atoms with Crippen LogP contribution in [0.2, 0.25) is 0 Å². The molecule has 5 nitrogen and oxygen atoms in total. The molecule has 0 aromatic heterocycles. The second-order valence-corrected chi connectivity index (χ2v) is 7.63. The number of rotatable bonds is 5. The van der Waals surface area contributed by atoms with Crippen LogP contribution in [-0.4, -0.2) is 40.4 Å². The maximum atomic E-state index is 13.0. The fourth-order valence-electron chi connectivity index (χ4n) is 2.13. The van der Waals surface area contributed by atoms with E-state index in [4.69, 9.17) is 4.74 Å². The van der Waals surface area contributed by atoms with Gasteiger partial charge in [-0.3, -0.25) is 0 Å². The highest BCUT2D eigenvalue weighted by Gasteiger charge is 2.22. The Balaban J connectivity index is 2.56. The van der Waals surface area contributed by atoms with Crippen molar-refractivity contribution in [1.82, 2.24) is 4.90 Å². The van der Waals surface area contributed by atoms with E-state index in [1.807, 2.05) is 37.3 Å². The maximum Gasteiger partial charge on any atom is 0.225 e. The molecule has 0 aliphatic rings. The van der Waals surface area contributed by atoms with Crippen LogP contribution < -0.4 is 0 Å². The van der Waals surface area contributed by atoms with Crippen LogP contribution in [0.3, 0.4) is 0 Å². The molecule has 0 unspecified atom stereocenters. The zero-order valence-corrected chi connectivity index (χ0v) is 15.6. The maximum absolute atomic E-state index is 13.0. The summed E-state index contributed by atoms with van der Waals surface area (Å²) in [5.74, 6) is 0.240. The van der Waals surface area contributed by atoms with Gasteiger partial charge in [0.2, 0.25) is 15.7 Å². The summed E-state index contributed by atoms with van der Waals surface area (Å²) in [5.41, 5.74) is 1.69. The van der Waals surface area contributed by atoms with E-state index in [0.717, 1.165) is 5.56 Å². The lowest BCUT2D eigenvalue weighted by Crippen LogP contribution is -2.13. The lowest BCUT2D eigenvalue weighted by Gasteiger charge is -2.12. The van der Waals surface area contributed by atoms with E-state index in [-0.39, 0.29) is 15.8 Å². The molecule has 0 atom stereocenters. The fraction of sp³-hybridized carbons (Fsp3) is 0.211. The Kier molecular flexibility index (Phi) is 5.98. The van der Waals surface area contributed by atoms with E-state index in [1.165, 1.54) is 13.3 Å². The molecule has 0 saturated heterocycles. The van der Waals surface area contributed by atoms with Gasteiger partial charge in [-0.05, 0) is 31.2 Å². The number of nitrogens with zero attached hydrogens (tertiary/aromatic N) is 2. The lowest BCUT2D eigenvalue weighted by atomic mass is 10.2. The van der Waals surface area contributed by atoms with E-state index in [1.54, 1.807) is 43.3 Å². The average molecular weight is 358 g/mol. The highest BCUT2D eigenvalue weighted by Crippen LogP contribution is 2.22. The third-order valence-corrected chi connectivity index (χ3v) is 5.04. The Morgan fingerprint density at radius 3 is 2.16 bits per heavy atom. The quantitative estimate of drug-likeness (QED) is 0.608. The summed E-state index contributed by atoms with van der Waals surface area (Å²) < 4.78 is 31.3. The van der Waals surface area contributed by atoms with Crippen molar-refractivity contribution in [3.8, 4) is 0 Å². The summed E-state index contributed by atoms with van der Waals surface area (Å²) >= 11 is 0. The van der Waals surface area contributed by atoms with Gasteiger partial charge in [-0.25, -0.2) is 8.42 Å². The van der Waals surface area contributed by atoms with Gasteiger partial charge in [-0.15, -0.1) is 0 Å². The Hall–Kier alpha value is -2.60. The van der Waals surface area contributed by atoms with Crippen molar-refractivity contribution >= 4 is 15.7 Å². The first-order valence-electron chi connectivity index (χ1n) is 7.72. The van der Waals surface area contributed by atoms with Gasteiger partial charge in [0, 0.05) is 25.9 Å². The van der Waals surface area contributed by atoms with E-state index >= 15 is 0 Å². The van der Waals surface area contributed by atoms with Gasteiger partial charge in [0.25, 0.3) is 0 Å². The van der Waals surface area contributed by atoms with Crippen molar-refractivity contribution in [2.45, 2.75) is 11.8 Å². The summed E-state index contributed by atoms with van der Waals surface area (Å²) in [7, 11) is 1.19. The first-order valence-corrected chi connectivity index (χ1v) is 9.21. The Labute approximate surface area is 149 Å². The monoisotopic (exact) mass is 358 g/mol. The molecule has 0 fully saturated rings. The zero-order valence-electron chi connectivity index (χ0n) is 14.8. The SMILES string of the molecule is CO/C(=N\C(=C\N(C)C)S(=O)(=O)c1ccc(C)cc1)c1ccccc1. The molecule has 2 rings (SSSR count). The first kappa shape index (κ1) is 18.7. The van der Waals surface area contributed by atoms with Crippen LogP contribution in [0.1, 0.15) is 11.1 Å². The molecule has 0 spiro atoms. The molecule has 2 aromatic carbocycles. The summed E-state index contributed by atoms with van der Waals surface area (Å²) in [6.45, 7) is 1.91. The van der Waals surface area contributed by atoms with Crippen molar-refractivity contribution in [3.63, 3.8) is 0 Å².